The largest absolute Gasteiger partial charge is 0.494 e. The molecule has 0 aliphatic carbocycles. The van der Waals surface area contributed by atoms with E-state index in [0.717, 1.165) is 6.42 Å². The average Bonchev–Trinajstić information content (AvgIpc) is 2.04. The van der Waals surface area contributed by atoms with Gasteiger partial charge in [-0.25, -0.2) is 4.39 Å². The highest BCUT2D eigenvalue weighted by atomic mass is 19.1. The normalized spacial score (nSPS) is 21.7. The van der Waals surface area contributed by atoms with E-state index in [9.17, 15) is 4.39 Å². The molecule has 1 rings (SSSR count). The zero-order valence-electron chi connectivity index (χ0n) is 7.32. The monoisotopic (exact) mass is 168 g/mol. The van der Waals surface area contributed by atoms with Gasteiger partial charge in [-0.05, 0) is 25.3 Å². The van der Waals surface area contributed by atoms with Crippen LogP contribution in [-0.4, -0.2) is 6.61 Å². The second-order valence-electron chi connectivity index (χ2n) is 2.95. The maximum atomic E-state index is 13.3. The standard InChI is InChI=1S/C10H13FO/c1-7(2)10(11)9-5-4-6-12-8(9)3/h1,3-6H2,2H3/b10-9+. The van der Waals surface area contributed by atoms with Gasteiger partial charge in [0, 0.05) is 5.57 Å². The minimum Gasteiger partial charge on any atom is -0.494 e. The first kappa shape index (κ1) is 9.04. The summed E-state index contributed by atoms with van der Waals surface area (Å²) in [6.07, 6.45) is 1.56. The molecule has 12 heavy (non-hydrogen) atoms. The molecule has 0 spiro atoms. The molecule has 0 unspecified atom stereocenters. The van der Waals surface area contributed by atoms with Crippen molar-refractivity contribution in [3.8, 4) is 0 Å². The summed E-state index contributed by atoms with van der Waals surface area (Å²) >= 11 is 0. The second kappa shape index (κ2) is 3.57. The van der Waals surface area contributed by atoms with Crippen LogP contribution in [0.3, 0.4) is 0 Å². The zero-order valence-corrected chi connectivity index (χ0v) is 7.32. The Kier molecular flexibility index (Phi) is 2.69. The van der Waals surface area contributed by atoms with Crippen LogP contribution in [-0.2, 0) is 4.74 Å². The van der Waals surface area contributed by atoms with E-state index in [1.807, 2.05) is 0 Å². The lowest BCUT2D eigenvalue weighted by atomic mass is 10.0. The molecular weight excluding hydrogens is 155 g/mol. The molecule has 0 atom stereocenters. The number of hydrogen-bond acceptors (Lipinski definition) is 1. The van der Waals surface area contributed by atoms with Crippen LogP contribution >= 0.6 is 0 Å². The minimum atomic E-state index is -0.264. The van der Waals surface area contributed by atoms with Crippen molar-refractivity contribution in [2.75, 3.05) is 6.61 Å². The smallest absolute Gasteiger partial charge is 0.132 e. The quantitative estimate of drug-likeness (QED) is 0.584. The fraction of sp³-hybridized carbons (Fsp3) is 0.400. The first-order valence-corrected chi connectivity index (χ1v) is 3.99. The summed E-state index contributed by atoms with van der Waals surface area (Å²) in [5.74, 6) is 0.196. The molecule has 66 valence electrons. The third-order valence-corrected chi connectivity index (χ3v) is 1.82. The molecule has 1 aliphatic heterocycles. The molecule has 0 aromatic rings. The molecule has 0 radical (unpaired) electrons. The SMILES string of the molecule is C=C(C)/C(F)=C1/CCCOC1=C. The fourth-order valence-electron chi connectivity index (χ4n) is 1.16. The fourth-order valence-corrected chi connectivity index (χ4v) is 1.16. The Balaban J connectivity index is 2.90. The highest BCUT2D eigenvalue weighted by Gasteiger charge is 2.16. The molecule has 0 N–H and O–H groups in total. The Morgan fingerprint density at radius 1 is 1.58 bits per heavy atom. The van der Waals surface area contributed by atoms with E-state index in [1.54, 1.807) is 6.92 Å². The Hall–Kier alpha value is -1.05. The number of hydrogen-bond donors (Lipinski definition) is 0. The van der Waals surface area contributed by atoms with E-state index in [4.69, 9.17) is 4.74 Å². The molecule has 0 bridgehead atoms. The Morgan fingerprint density at radius 2 is 2.25 bits per heavy atom. The maximum Gasteiger partial charge on any atom is 0.132 e. The van der Waals surface area contributed by atoms with Crippen molar-refractivity contribution in [2.24, 2.45) is 0 Å². The molecule has 1 fully saturated rings. The number of ether oxygens (including phenoxy) is 1. The predicted molar refractivity (Wildman–Crippen MR) is 47.3 cm³/mol. The van der Waals surface area contributed by atoms with Gasteiger partial charge in [0.1, 0.15) is 11.6 Å². The lowest BCUT2D eigenvalue weighted by Gasteiger charge is -2.19. The summed E-state index contributed by atoms with van der Waals surface area (Å²) in [7, 11) is 0. The van der Waals surface area contributed by atoms with Crippen LogP contribution in [0.1, 0.15) is 19.8 Å². The second-order valence-corrected chi connectivity index (χ2v) is 2.95. The molecule has 1 saturated heterocycles. The number of halogens is 1. The predicted octanol–water partition coefficient (Wildman–Crippen LogP) is 3.11. The zero-order chi connectivity index (χ0) is 9.14. The summed E-state index contributed by atoms with van der Waals surface area (Å²) in [5, 5.41) is 0. The molecule has 1 nitrogen and oxygen atoms in total. The van der Waals surface area contributed by atoms with E-state index in [-0.39, 0.29) is 5.83 Å². The molecule has 0 aromatic carbocycles. The van der Waals surface area contributed by atoms with Gasteiger partial charge in [-0.2, -0.15) is 0 Å². The Bertz CT molecular complexity index is 251. The summed E-state index contributed by atoms with van der Waals surface area (Å²) in [5.41, 5.74) is 1.02. The molecule has 0 amide bonds. The van der Waals surface area contributed by atoms with Crippen LogP contribution < -0.4 is 0 Å². The van der Waals surface area contributed by atoms with E-state index in [0.29, 0.717) is 29.9 Å². The lowest BCUT2D eigenvalue weighted by Crippen LogP contribution is -2.07. The van der Waals surface area contributed by atoms with Gasteiger partial charge in [0.05, 0.1) is 6.61 Å². The van der Waals surface area contributed by atoms with Crippen LogP contribution in [0, 0.1) is 0 Å². The van der Waals surface area contributed by atoms with Crippen LogP contribution in [0.4, 0.5) is 4.39 Å². The topological polar surface area (TPSA) is 9.23 Å². The van der Waals surface area contributed by atoms with E-state index < -0.39 is 0 Å². The van der Waals surface area contributed by atoms with Crippen LogP contribution in [0.15, 0.2) is 35.9 Å². The van der Waals surface area contributed by atoms with Gasteiger partial charge in [-0.1, -0.05) is 13.2 Å². The highest BCUT2D eigenvalue weighted by Crippen LogP contribution is 2.28. The van der Waals surface area contributed by atoms with Gasteiger partial charge < -0.3 is 4.74 Å². The first-order chi connectivity index (χ1) is 5.63. The molecular formula is C10H13FO. The maximum absolute atomic E-state index is 13.3. The van der Waals surface area contributed by atoms with Crippen molar-refractivity contribution in [3.05, 3.63) is 35.9 Å². The molecule has 0 saturated carbocycles. The van der Waals surface area contributed by atoms with E-state index in [2.05, 4.69) is 13.2 Å². The minimum absolute atomic E-state index is 0.264. The summed E-state index contributed by atoms with van der Waals surface area (Å²) in [6, 6.07) is 0. The van der Waals surface area contributed by atoms with Gasteiger partial charge >= 0.3 is 0 Å². The summed E-state index contributed by atoms with van der Waals surface area (Å²) < 4.78 is 18.4. The third kappa shape index (κ3) is 1.76. The molecule has 1 aliphatic rings. The lowest BCUT2D eigenvalue weighted by molar-refractivity contribution is 0.193. The van der Waals surface area contributed by atoms with Crippen LogP contribution in [0.2, 0.25) is 0 Å². The van der Waals surface area contributed by atoms with Crippen molar-refractivity contribution in [1.82, 2.24) is 0 Å². The Labute approximate surface area is 72.2 Å². The van der Waals surface area contributed by atoms with Gasteiger partial charge in [-0.15, -0.1) is 0 Å². The summed E-state index contributed by atoms with van der Waals surface area (Å²) in [4.78, 5) is 0. The molecule has 2 heteroatoms. The molecule has 0 aromatic heterocycles. The first-order valence-electron chi connectivity index (χ1n) is 3.99. The molecule has 1 heterocycles. The van der Waals surface area contributed by atoms with Crippen molar-refractivity contribution >= 4 is 0 Å². The third-order valence-electron chi connectivity index (χ3n) is 1.82. The van der Waals surface area contributed by atoms with Gasteiger partial charge in [0.15, 0.2) is 0 Å². The van der Waals surface area contributed by atoms with Crippen molar-refractivity contribution in [1.29, 1.82) is 0 Å². The van der Waals surface area contributed by atoms with E-state index >= 15 is 0 Å². The van der Waals surface area contributed by atoms with Gasteiger partial charge in [0.2, 0.25) is 0 Å². The number of rotatable bonds is 1. The van der Waals surface area contributed by atoms with Crippen molar-refractivity contribution in [3.63, 3.8) is 0 Å². The van der Waals surface area contributed by atoms with Crippen LogP contribution in [0.5, 0.6) is 0 Å². The van der Waals surface area contributed by atoms with Crippen LogP contribution in [0.25, 0.3) is 0 Å². The Morgan fingerprint density at radius 3 is 2.75 bits per heavy atom. The van der Waals surface area contributed by atoms with Crippen molar-refractivity contribution < 1.29 is 9.13 Å². The van der Waals surface area contributed by atoms with Gasteiger partial charge in [0.25, 0.3) is 0 Å². The van der Waals surface area contributed by atoms with E-state index in [1.165, 1.54) is 0 Å². The average molecular weight is 168 g/mol. The number of allylic oxidation sites excluding steroid dienone is 3. The highest BCUT2D eigenvalue weighted by molar-refractivity contribution is 5.36. The summed E-state index contributed by atoms with van der Waals surface area (Å²) in [6.45, 7) is 9.46. The van der Waals surface area contributed by atoms with Crippen molar-refractivity contribution in [2.45, 2.75) is 19.8 Å². The van der Waals surface area contributed by atoms with Gasteiger partial charge in [-0.3, -0.25) is 0 Å².